The van der Waals surface area contributed by atoms with Crippen LogP contribution in [0.25, 0.3) is 0 Å². The van der Waals surface area contributed by atoms with E-state index in [0.717, 1.165) is 70.1 Å². The van der Waals surface area contributed by atoms with E-state index < -0.39 is 6.10 Å². The van der Waals surface area contributed by atoms with E-state index in [-0.39, 0.29) is 31.1 Å². The van der Waals surface area contributed by atoms with E-state index in [9.17, 15) is 14.4 Å². The molecule has 0 aliphatic carbocycles. The highest BCUT2D eigenvalue weighted by Crippen LogP contribution is 2.15. The molecular formula is C38H72O6. The summed E-state index contributed by atoms with van der Waals surface area (Å²) in [4.78, 5) is 37.1. The molecule has 0 saturated heterocycles. The molecule has 0 radical (unpaired) electrons. The van der Waals surface area contributed by atoms with Crippen LogP contribution in [0.1, 0.15) is 201 Å². The third-order valence-electron chi connectivity index (χ3n) is 8.29. The first-order chi connectivity index (χ1) is 21.4. The highest BCUT2D eigenvalue weighted by molar-refractivity contribution is 5.71. The predicted molar refractivity (Wildman–Crippen MR) is 183 cm³/mol. The highest BCUT2D eigenvalue weighted by atomic mass is 16.6. The first-order valence-corrected chi connectivity index (χ1v) is 18.9. The van der Waals surface area contributed by atoms with Crippen LogP contribution >= 0.6 is 0 Å². The van der Waals surface area contributed by atoms with Crippen LogP contribution in [0.3, 0.4) is 0 Å². The van der Waals surface area contributed by atoms with Crippen molar-refractivity contribution in [2.45, 2.75) is 207 Å². The fourth-order valence-corrected chi connectivity index (χ4v) is 5.39. The molecule has 0 fully saturated rings. The second-order valence-corrected chi connectivity index (χ2v) is 13.3. The average molecular weight is 625 g/mol. The minimum atomic E-state index is -0.756. The Labute approximate surface area is 272 Å². The highest BCUT2D eigenvalue weighted by Gasteiger charge is 2.19. The van der Waals surface area contributed by atoms with E-state index in [1.807, 2.05) is 0 Å². The zero-order valence-electron chi connectivity index (χ0n) is 29.6. The van der Waals surface area contributed by atoms with Gasteiger partial charge in [-0.1, -0.05) is 163 Å². The van der Waals surface area contributed by atoms with Gasteiger partial charge in [0.15, 0.2) is 6.10 Å². The molecule has 6 heteroatoms. The van der Waals surface area contributed by atoms with E-state index in [1.165, 1.54) is 89.9 Å². The van der Waals surface area contributed by atoms with Gasteiger partial charge in [-0.3, -0.25) is 14.4 Å². The molecule has 6 nitrogen and oxygen atoms in total. The fourth-order valence-electron chi connectivity index (χ4n) is 5.39. The maximum absolute atomic E-state index is 12.5. The summed E-state index contributed by atoms with van der Waals surface area (Å²) >= 11 is 0. The van der Waals surface area contributed by atoms with Crippen molar-refractivity contribution in [1.29, 1.82) is 0 Å². The molecule has 0 amide bonds. The molecular weight excluding hydrogens is 552 g/mol. The first kappa shape index (κ1) is 42.4. The van der Waals surface area contributed by atoms with Crippen LogP contribution in [0, 0.1) is 5.92 Å². The maximum Gasteiger partial charge on any atom is 0.306 e. The van der Waals surface area contributed by atoms with Gasteiger partial charge in [0.2, 0.25) is 0 Å². The van der Waals surface area contributed by atoms with Gasteiger partial charge in [-0.15, -0.1) is 0 Å². The van der Waals surface area contributed by atoms with Crippen molar-refractivity contribution in [2.75, 3.05) is 13.2 Å². The Morgan fingerprint density at radius 3 is 1.11 bits per heavy atom. The summed E-state index contributed by atoms with van der Waals surface area (Å²) in [5, 5.41) is 0. The lowest BCUT2D eigenvalue weighted by Crippen LogP contribution is -2.30. The van der Waals surface area contributed by atoms with Crippen molar-refractivity contribution in [3.05, 3.63) is 0 Å². The minimum absolute atomic E-state index is 0.0667. The monoisotopic (exact) mass is 625 g/mol. The van der Waals surface area contributed by atoms with Crippen LogP contribution < -0.4 is 0 Å². The Balaban J connectivity index is 4.29. The Morgan fingerprint density at radius 2 is 0.750 bits per heavy atom. The van der Waals surface area contributed by atoms with E-state index in [4.69, 9.17) is 14.2 Å². The average Bonchev–Trinajstić information content (AvgIpc) is 3.00. The van der Waals surface area contributed by atoms with E-state index in [1.54, 1.807) is 0 Å². The topological polar surface area (TPSA) is 78.9 Å². The Bertz CT molecular complexity index is 662. The number of rotatable bonds is 33. The quantitative estimate of drug-likeness (QED) is 0.0410. The van der Waals surface area contributed by atoms with E-state index >= 15 is 0 Å². The summed E-state index contributed by atoms with van der Waals surface area (Å²) in [5.41, 5.74) is 0. The summed E-state index contributed by atoms with van der Waals surface area (Å²) < 4.78 is 16.5. The molecule has 0 saturated carbocycles. The molecule has 0 aromatic heterocycles. The summed E-state index contributed by atoms with van der Waals surface area (Å²) in [7, 11) is 0. The number of esters is 3. The van der Waals surface area contributed by atoms with Gasteiger partial charge in [0, 0.05) is 19.3 Å². The lowest BCUT2D eigenvalue weighted by atomic mass is 10.0. The number of carbonyl (C=O) groups excluding carboxylic acids is 3. The van der Waals surface area contributed by atoms with Crippen molar-refractivity contribution < 1.29 is 28.6 Å². The van der Waals surface area contributed by atoms with Gasteiger partial charge in [-0.05, 0) is 25.2 Å². The van der Waals surface area contributed by atoms with Gasteiger partial charge in [0.25, 0.3) is 0 Å². The second kappa shape index (κ2) is 32.8. The van der Waals surface area contributed by atoms with Gasteiger partial charge in [0.1, 0.15) is 13.2 Å². The summed E-state index contributed by atoms with van der Waals surface area (Å²) in [5.74, 6) is -0.105. The molecule has 0 bridgehead atoms. The van der Waals surface area contributed by atoms with Gasteiger partial charge in [-0.25, -0.2) is 0 Å². The molecule has 0 unspecified atom stereocenters. The van der Waals surface area contributed by atoms with Crippen LogP contribution in [0.4, 0.5) is 0 Å². The first-order valence-electron chi connectivity index (χ1n) is 18.9. The molecule has 0 N–H and O–H groups in total. The predicted octanol–water partition coefficient (Wildman–Crippen LogP) is 11.2. The maximum atomic E-state index is 12.5. The number of hydrogen-bond acceptors (Lipinski definition) is 6. The van der Waals surface area contributed by atoms with Gasteiger partial charge in [0.05, 0.1) is 0 Å². The third kappa shape index (κ3) is 31.8. The van der Waals surface area contributed by atoms with Gasteiger partial charge < -0.3 is 14.2 Å². The van der Waals surface area contributed by atoms with Crippen LogP contribution in [0.2, 0.25) is 0 Å². The zero-order valence-corrected chi connectivity index (χ0v) is 29.6. The molecule has 44 heavy (non-hydrogen) atoms. The summed E-state index contributed by atoms with van der Waals surface area (Å²) in [6.45, 7) is 8.82. The van der Waals surface area contributed by atoms with Crippen LogP contribution in [0.5, 0.6) is 0 Å². The van der Waals surface area contributed by atoms with Crippen molar-refractivity contribution in [3.63, 3.8) is 0 Å². The van der Waals surface area contributed by atoms with Crippen molar-refractivity contribution >= 4 is 17.9 Å². The third-order valence-corrected chi connectivity index (χ3v) is 8.29. The Kier molecular flexibility index (Phi) is 31.6. The summed E-state index contributed by atoms with van der Waals surface area (Å²) in [6.07, 6.45) is 28.4. The zero-order chi connectivity index (χ0) is 32.5. The molecule has 0 aliphatic rings. The SMILES string of the molecule is CCCCCCCCCCCCCC(=O)OC[C@@H](COC(=O)CCCCCCC)OC(=O)CCCCCCCCCC(C)C. The Morgan fingerprint density at radius 1 is 0.432 bits per heavy atom. The molecule has 0 heterocycles. The number of carbonyl (C=O) groups is 3. The Hall–Kier alpha value is -1.59. The summed E-state index contributed by atoms with van der Waals surface area (Å²) in [6, 6.07) is 0. The largest absolute Gasteiger partial charge is 0.462 e. The van der Waals surface area contributed by atoms with Gasteiger partial charge >= 0.3 is 17.9 Å². The van der Waals surface area contributed by atoms with Crippen LogP contribution in [0.15, 0.2) is 0 Å². The second-order valence-electron chi connectivity index (χ2n) is 13.3. The normalized spacial score (nSPS) is 11.9. The molecule has 0 rings (SSSR count). The molecule has 0 aromatic carbocycles. The van der Waals surface area contributed by atoms with Crippen molar-refractivity contribution in [3.8, 4) is 0 Å². The molecule has 0 aromatic rings. The van der Waals surface area contributed by atoms with E-state index in [0.29, 0.717) is 19.3 Å². The van der Waals surface area contributed by atoms with Crippen molar-refractivity contribution in [2.24, 2.45) is 5.92 Å². The lowest BCUT2D eigenvalue weighted by molar-refractivity contribution is -0.167. The minimum Gasteiger partial charge on any atom is -0.462 e. The smallest absolute Gasteiger partial charge is 0.306 e. The molecule has 1 atom stereocenters. The standard InChI is InChI=1S/C38H72O6/c1-5-7-9-11-12-13-14-15-18-22-26-30-37(40)43-33-35(32-42-36(39)29-25-20-10-8-6-2)44-38(41)31-27-23-19-16-17-21-24-28-34(3)4/h34-35H,5-33H2,1-4H3/t35-/m1/s1. The van der Waals surface area contributed by atoms with Crippen LogP contribution in [-0.4, -0.2) is 37.2 Å². The van der Waals surface area contributed by atoms with E-state index in [2.05, 4.69) is 27.7 Å². The number of hydrogen-bond donors (Lipinski definition) is 0. The lowest BCUT2D eigenvalue weighted by Gasteiger charge is -2.18. The number of unbranched alkanes of at least 4 members (excludes halogenated alkanes) is 20. The fraction of sp³-hybridized carbons (Fsp3) is 0.921. The van der Waals surface area contributed by atoms with Crippen molar-refractivity contribution in [1.82, 2.24) is 0 Å². The number of ether oxygens (including phenoxy) is 3. The molecule has 260 valence electrons. The van der Waals surface area contributed by atoms with Gasteiger partial charge in [-0.2, -0.15) is 0 Å². The molecule has 0 aliphatic heterocycles. The molecule has 0 spiro atoms. The van der Waals surface area contributed by atoms with Crippen LogP contribution in [-0.2, 0) is 28.6 Å².